The summed E-state index contributed by atoms with van der Waals surface area (Å²) in [6.07, 6.45) is 1.66. The van der Waals surface area contributed by atoms with Gasteiger partial charge in [-0.05, 0) is 49.1 Å². The van der Waals surface area contributed by atoms with E-state index in [1.165, 1.54) is 23.1 Å². The first-order valence-electron chi connectivity index (χ1n) is 11.5. The smallest absolute Gasteiger partial charge is 0.304 e. The summed E-state index contributed by atoms with van der Waals surface area (Å²) in [7, 11) is 0. The number of imide groups is 1. The molecule has 1 fully saturated rings. The lowest BCUT2D eigenvalue weighted by Gasteiger charge is -2.24. The van der Waals surface area contributed by atoms with Crippen molar-refractivity contribution < 1.29 is 23.8 Å². The number of halogens is 2. The van der Waals surface area contributed by atoms with Crippen LogP contribution in [0.1, 0.15) is 35.3 Å². The number of carbonyl (C=O) groups excluding carboxylic acids is 2. The lowest BCUT2D eigenvalue weighted by molar-refractivity contribution is -0.129. The Morgan fingerprint density at radius 1 is 1.17 bits per heavy atom. The molecule has 3 heterocycles. The van der Waals surface area contributed by atoms with Crippen LogP contribution in [0, 0.1) is 5.82 Å². The van der Waals surface area contributed by atoms with Gasteiger partial charge in [0.25, 0.3) is 11.8 Å². The molecule has 2 aliphatic heterocycles. The van der Waals surface area contributed by atoms with Crippen LogP contribution in [0.3, 0.4) is 0 Å². The van der Waals surface area contributed by atoms with E-state index in [0.29, 0.717) is 23.8 Å². The molecule has 0 aliphatic carbocycles. The molecule has 10 heteroatoms. The summed E-state index contributed by atoms with van der Waals surface area (Å²) in [5, 5.41) is 9.92. The van der Waals surface area contributed by atoms with Gasteiger partial charge in [0.2, 0.25) is 0 Å². The third-order valence-corrected chi connectivity index (χ3v) is 6.49. The van der Waals surface area contributed by atoms with Crippen molar-refractivity contribution in [3.05, 3.63) is 70.6 Å². The van der Waals surface area contributed by atoms with Gasteiger partial charge >= 0.3 is 6.01 Å². The third-order valence-electron chi connectivity index (χ3n) is 6.24. The Morgan fingerprint density at radius 2 is 1.97 bits per heavy atom. The second kappa shape index (κ2) is 9.67. The highest BCUT2D eigenvalue weighted by molar-refractivity contribution is 6.30. The summed E-state index contributed by atoms with van der Waals surface area (Å²) in [6.45, 7) is 0.749. The van der Waals surface area contributed by atoms with Crippen molar-refractivity contribution in [1.82, 2.24) is 14.5 Å². The number of imidazole rings is 1. The Morgan fingerprint density at radius 3 is 2.71 bits per heavy atom. The van der Waals surface area contributed by atoms with E-state index in [-0.39, 0.29) is 49.5 Å². The first-order chi connectivity index (χ1) is 17.0. The van der Waals surface area contributed by atoms with Crippen LogP contribution in [0.2, 0.25) is 5.02 Å². The Labute approximate surface area is 206 Å². The molecule has 1 aromatic heterocycles. The molecule has 35 heavy (non-hydrogen) atoms. The molecule has 0 saturated carbocycles. The van der Waals surface area contributed by atoms with E-state index in [1.807, 2.05) is 17.0 Å². The number of amides is 2. The van der Waals surface area contributed by atoms with Gasteiger partial charge in [-0.15, -0.1) is 0 Å². The monoisotopic (exact) mass is 498 g/mol. The molecule has 3 aromatic rings. The molecule has 182 valence electrons. The minimum Gasteiger partial charge on any atom is -0.425 e. The predicted molar refractivity (Wildman–Crippen MR) is 127 cm³/mol. The Balaban J connectivity index is 1.65. The molecule has 2 aromatic carbocycles. The van der Waals surface area contributed by atoms with Gasteiger partial charge < -0.3 is 14.7 Å². The van der Waals surface area contributed by atoms with Crippen molar-refractivity contribution >= 4 is 29.2 Å². The van der Waals surface area contributed by atoms with Gasteiger partial charge in [-0.1, -0.05) is 29.8 Å². The zero-order chi connectivity index (χ0) is 24.5. The van der Waals surface area contributed by atoms with E-state index in [0.717, 1.165) is 12.0 Å². The van der Waals surface area contributed by atoms with Gasteiger partial charge in [-0.3, -0.25) is 19.1 Å². The minimum atomic E-state index is -0.514. The average molecular weight is 499 g/mol. The maximum atomic E-state index is 13.8. The zero-order valence-electron chi connectivity index (χ0n) is 18.9. The molecule has 1 N–H and O–H groups in total. The normalized spacial score (nSPS) is 17.4. The molecule has 5 rings (SSSR count). The molecule has 0 bridgehead atoms. The van der Waals surface area contributed by atoms with E-state index in [9.17, 15) is 19.1 Å². The summed E-state index contributed by atoms with van der Waals surface area (Å²) in [6, 6.07) is 12.4. The van der Waals surface area contributed by atoms with Gasteiger partial charge in [0, 0.05) is 30.8 Å². The van der Waals surface area contributed by atoms with Crippen molar-refractivity contribution in [3.8, 4) is 11.8 Å². The maximum Gasteiger partial charge on any atom is 0.304 e. The molecule has 1 atom stereocenters. The second-order valence-electron chi connectivity index (χ2n) is 8.56. The fraction of sp³-hybridized carbons (Fsp3) is 0.320. The van der Waals surface area contributed by atoms with E-state index in [2.05, 4.69) is 4.98 Å². The van der Waals surface area contributed by atoms with Gasteiger partial charge in [0.1, 0.15) is 17.6 Å². The molecular formula is C25H24ClFN4O4. The first-order valence-corrected chi connectivity index (χ1v) is 11.9. The lowest BCUT2D eigenvalue weighted by atomic mass is 10.2. The van der Waals surface area contributed by atoms with E-state index in [4.69, 9.17) is 16.3 Å². The van der Waals surface area contributed by atoms with Gasteiger partial charge in [0.05, 0.1) is 6.54 Å². The number of rotatable bonds is 7. The van der Waals surface area contributed by atoms with E-state index in [1.54, 1.807) is 22.8 Å². The van der Waals surface area contributed by atoms with Gasteiger partial charge in [-0.2, -0.15) is 4.98 Å². The largest absolute Gasteiger partial charge is 0.425 e. The van der Waals surface area contributed by atoms with Crippen LogP contribution in [-0.2, 0) is 11.3 Å². The molecule has 0 unspecified atom stereocenters. The number of aromatic nitrogens is 2. The number of anilines is 1. The minimum absolute atomic E-state index is 0.101. The molecule has 2 aliphatic rings. The van der Waals surface area contributed by atoms with Crippen molar-refractivity contribution in [2.45, 2.75) is 31.8 Å². The number of aliphatic hydroxyl groups excluding tert-OH is 1. The fourth-order valence-electron chi connectivity index (χ4n) is 4.59. The number of hydrogen-bond donors (Lipinski definition) is 1. The van der Waals surface area contributed by atoms with Crippen molar-refractivity contribution in [3.63, 3.8) is 0 Å². The fourth-order valence-corrected chi connectivity index (χ4v) is 4.72. The Kier molecular flexibility index (Phi) is 6.44. The summed E-state index contributed by atoms with van der Waals surface area (Å²) >= 11 is 6.05. The second-order valence-corrected chi connectivity index (χ2v) is 9.00. The molecule has 0 radical (unpaired) electrons. The number of benzene rings is 2. The molecule has 8 nitrogen and oxygen atoms in total. The van der Waals surface area contributed by atoms with Crippen molar-refractivity contribution in [1.29, 1.82) is 0 Å². The first kappa shape index (κ1) is 23.3. The summed E-state index contributed by atoms with van der Waals surface area (Å²) in [5.41, 5.74) is 1.06. The van der Waals surface area contributed by atoms with Crippen LogP contribution in [0.4, 0.5) is 10.2 Å². The van der Waals surface area contributed by atoms with Crippen molar-refractivity contribution in [2.75, 3.05) is 24.6 Å². The lowest BCUT2D eigenvalue weighted by Crippen LogP contribution is -2.46. The van der Waals surface area contributed by atoms with Crippen LogP contribution in [0.5, 0.6) is 11.8 Å². The predicted octanol–water partition coefficient (Wildman–Crippen LogP) is 3.85. The number of aliphatic hydroxyl groups is 1. The SMILES string of the molecule is O=C1c2c(nc(Oc3cccc(F)c3)n2Cc2ccc(Cl)cc2)N2CCC[C@@H]2C(=O)N1CCCO. The van der Waals surface area contributed by atoms with Gasteiger partial charge in [0.15, 0.2) is 11.5 Å². The summed E-state index contributed by atoms with van der Waals surface area (Å²) in [4.78, 5) is 34.8. The van der Waals surface area contributed by atoms with Crippen LogP contribution in [-0.4, -0.2) is 57.1 Å². The van der Waals surface area contributed by atoms with Crippen LogP contribution < -0.4 is 9.64 Å². The highest BCUT2D eigenvalue weighted by atomic mass is 35.5. The van der Waals surface area contributed by atoms with Crippen LogP contribution >= 0.6 is 11.6 Å². The third kappa shape index (κ3) is 4.49. The summed E-state index contributed by atoms with van der Waals surface area (Å²) in [5.74, 6) is -0.636. The zero-order valence-corrected chi connectivity index (χ0v) is 19.6. The maximum absolute atomic E-state index is 13.8. The highest BCUT2D eigenvalue weighted by Gasteiger charge is 2.45. The average Bonchev–Trinajstić information content (AvgIpc) is 3.44. The molecular weight excluding hydrogens is 475 g/mol. The van der Waals surface area contributed by atoms with E-state index >= 15 is 0 Å². The van der Waals surface area contributed by atoms with E-state index < -0.39 is 17.8 Å². The molecule has 1 saturated heterocycles. The topological polar surface area (TPSA) is 87.9 Å². The van der Waals surface area contributed by atoms with Gasteiger partial charge in [-0.25, -0.2) is 4.39 Å². The number of ether oxygens (including phenoxy) is 1. The number of nitrogens with zero attached hydrogens (tertiary/aromatic N) is 4. The molecule has 0 spiro atoms. The highest BCUT2D eigenvalue weighted by Crippen LogP contribution is 2.37. The van der Waals surface area contributed by atoms with Crippen LogP contribution in [0.25, 0.3) is 0 Å². The number of fused-ring (bicyclic) bond motifs is 3. The van der Waals surface area contributed by atoms with Crippen molar-refractivity contribution in [2.24, 2.45) is 0 Å². The Hall–Kier alpha value is -3.43. The number of carbonyl (C=O) groups is 2. The summed E-state index contributed by atoms with van der Waals surface area (Å²) < 4.78 is 21.4. The standard InChI is InChI=1S/C25H24ClFN4O4/c26-17-9-7-16(8-10-17)15-31-21-22(28-25(31)35-19-5-1-4-18(27)14-19)29-11-2-6-20(29)23(33)30(24(21)34)12-3-13-32/h1,4-5,7-10,14,20,32H,2-3,6,11-13,15H2/t20-/m1/s1. The number of hydrogen-bond acceptors (Lipinski definition) is 6. The Bertz CT molecular complexity index is 1260. The van der Waals surface area contributed by atoms with Crippen LogP contribution in [0.15, 0.2) is 48.5 Å². The quantitative estimate of drug-likeness (QED) is 0.498. The molecule has 2 amide bonds.